The van der Waals surface area contributed by atoms with Crippen LogP contribution in [0.5, 0.6) is 0 Å². The van der Waals surface area contributed by atoms with Crippen molar-refractivity contribution >= 4 is 11.8 Å². The van der Waals surface area contributed by atoms with Crippen molar-refractivity contribution in [2.75, 3.05) is 13.2 Å². The smallest absolute Gasteiger partial charge is 0.167 e. The summed E-state index contributed by atoms with van der Waals surface area (Å²) in [5.41, 5.74) is -1.02. The van der Waals surface area contributed by atoms with Crippen molar-refractivity contribution in [3.8, 4) is 0 Å². The van der Waals surface area contributed by atoms with E-state index in [2.05, 4.69) is 0 Å². The zero-order chi connectivity index (χ0) is 16.4. The Bertz CT molecular complexity index is 357. The van der Waals surface area contributed by atoms with E-state index in [0.717, 1.165) is 11.8 Å². The number of rotatable bonds is 4. The molecule has 0 aliphatic carbocycles. The van der Waals surface area contributed by atoms with Gasteiger partial charge in [-0.15, -0.1) is 11.8 Å². The van der Waals surface area contributed by atoms with Gasteiger partial charge in [-0.1, -0.05) is 0 Å². The molecule has 0 amide bonds. The van der Waals surface area contributed by atoms with Gasteiger partial charge in [0.25, 0.3) is 0 Å². The summed E-state index contributed by atoms with van der Waals surface area (Å²) >= 11 is 0.928. The first-order valence-corrected chi connectivity index (χ1v) is 7.91. The Morgan fingerprint density at radius 3 is 2.05 bits per heavy atom. The second-order valence-corrected chi connectivity index (χ2v) is 6.76. The molecule has 0 aromatic carbocycles. The average molecular weight is 342 g/mol. The van der Waals surface area contributed by atoms with Crippen LogP contribution in [0.2, 0.25) is 0 Å². The molecule has 0 radical (unpaired) electrons. The lowest BCUT2D eigenvalue weighted by Crippen LogP contribution is -2.58. The van der Waals surface area contributed by atoms with Gasteiger partial charge in [0, 0.05) is 0 Å². The molecular formula is C12H22O9S. The van der Waals surface area contributed by atoms with Gasteiger partial charge < -0.3 is 45.2 Å². The van der Waals surface area contributed by atoms with E-state index in [9.17, 15) is 25.5 Å². The normalized spacial score (nSPS) is 50.0. The largest absolute Gasteiger partial charge is 0.394 e. The number of thioether (sulfide) groups is 1. The highest BCUT2D eigenvalue weighted by atomic mass is 32.2. The van der Waals surface area contributed by atoms with Crippen LogP contribution in [-0.2, 0) is 9.47 Å². The van der Waals surface area contributed by atoms with E-state index in [0.29, 0.717) is 0 Å². The third-order valence-electron chi connectivity index (χ3n) is 3.87. The maximum atomic E-state index is 9.94. The van der Waals surface area contributed by atoms with Gasteiger partial charge in [-0.2, -0.15) is 0 Å². The summed E-state index contributed by atoms with van der Waals surface area (Å²) in [6, 6.07) is 0. The summed E-state index contributed by atoms with van der Waals surface area (Å²) in [6.45, 7) is -0.976. The Morgan fingerprint density at radius 2 is 1.45 bits per heavy atom. The number of aliphatic hydroxyl groups is 7. The molecule has 2 aliphatic heterocycles. The quantitative estimate of drug-likeness (QED) is 0.271. The van der Waals surface area contributed by atoms with E-state index in [1.807, 2.05) is 0 Å². The molecule has 22 heavy (non-hydrogen) atoms. The molecule has 9 nitrogen and oxygen atoms in total. The van der Waals surface area contributed by atoms with Crippen LogP contribution in [0.15, 0.2) is 0 Å². The molecular weight excluding hydrogens is 320 g/mol. The van der Waals surface area contributed by atoms with Crippen LogP contribution in [0.1, 0.15) is 6.42 Å². The van der Waals surface area contributed by atoms with Crippen molar-refractivity contribution in [2.24, 2.45) is 0 Å². The first-order chi connectivity index (χ1) is 10.4. The monoisotopic (exact) mass is 342 g/mol. The molecule has 2 saturated heterocycles. The summed E-state index contributed by atoms with van der Waals surface area (Å²) in [6.07, 6.45) is -8.49. The minimum absolute atomic E-state index is 0.0894. The molecule has 2 aliphatic rings. The minimum atomic E-state index is -1.50. The standard InChI is InChI=1S/C12H22O9S/c13-2-5-4(15)1-7(11(19)20-5)22-12-10(18)9(17)8(16)6(3-14)21-12/h4-19H,1-3H2/t4-,5+,6+,7+,8+,9-,10+,11+,12-/m0/s1. The first-order valence-electron chi connectivity index (χ1n) is 6.97. The molecule has 130 valence electrons. The zero-order valence-electron chi connectivity index (χ0n) is 11.7. The average Bonchev–Trinajstić information content (AvgIpc) is 2.50. The van der Waals surface area contributed by atoms with Crippen LogP contribution < -0.4 is 0 Å². The van der Waals surface area contributed by atoms with Gasteiger partial charge in [-0.3, -0.25) is 0 Å². The topological polar surface area (TPSA) is 160 Å². The van der Waals surface area contributed by atoms with Crippen molar-refractivity contribution in [3.05, 3.63) is 0 Å². The molecule has 7 N–H and O–H groups in total. The Labute approximate surface area is 131 Å². The van der Waals surface area contributed by atoms with Crippen LogP contribution in [0.4, 0.5) is 0 Å². The second kappa shape index (κ2) is 7.71. The van der Waals surface area contributed by atoms with Crippen molar-refractivity contribution in [1.82, 2.24) is 0 Å². The summed E-state index contributed by atoms with van der Waals surface area (Å²) < 4.78 is 10.4. The Balaban J connectivity index is 2.00. The van der Waals surface area contributed by atoms with Gasteiger partial charge in [0.15, 0.2) is 6.29 Å². The van der Waals surface area contributed by atoms with Crippen LogP contribution in [0.25, 0.3) is 0 Å². The van der Waals surface area contributed by atoms with Gasteiger partial charge >= 0.3 is 0 Å². The third kappa shape index (κ3) is 3.73. The second-order valence-electron chi connectivity index (χ2n) is 5.42. The molecule has 0 saturated carbocycles. The summed E-state index contributed by atoms with van der Waals surface area (Å²) in [5.74, 6) is 0. The highest BCUT2D eigenvalue weighted by Crippen LogP contribution is 2.36. The number of hydrogen-bond acceptors (Lipinski definition) is 10. The number of aliphatic hydroxyl groups excluding tert-OH is 7. The van der Waals surface area contributed by atoms with Gasteiger partial charge in [0.1, 0.15) is 36.0 Å². The predicted octanol–water partition coefficient (Wildman–Crippen LogP) is -3.65. The van der Waals surface area contributed by atoms with Gasteiger partial charge in [0.2, 0.25) is 0 Å². The van der Waals surface area contributed by atoms with Crippen LogP contribution >= 0.6 is 11.8 Å². The fourth-order valence-electron chi connectivity index (χ4n) is 2.50. The Morgan fingerprint density at radius 1 is 0.818 bits per heavy atom. The highest BCUT2D eigenvalue weighted by Gasteiger charge is 2.46. The van der Waals surface area contributed by atoms with E-state index in [1.54, 1.807) is 0 Å². The SMILES string of the molecule is OC[C@H]1O[C@@H](S[C@@H]2C[C@H](O)[C@@H](CO)O[C@H]2O)[C@H](O)[C@@H](O)[C@@H]1O. The number of ether oxygens (including phenoxy) is 2. The van der Waals surface area contributed by atoms with Gasteiger partial charge in [0.05, 0.1) is 24.6 Å². The molecule has 2 heterocycles. The fourth-order valence-corrected chi connectivity index (χ4v) is 3.88. The lowest BCUT2D eigenvalue weighted by atomic mass is 10.0. The lowest BCUT2D eigenvalue weighted by molar-refractivity contribution is -0.211. The molecule has 2 rings (SSSR count). The third-order valence-corrected chi connectivity index (χ3v) is 5.31. The number of hydrogen-bond donors (Lipinski definition) is 7. The summed E-state index contributed by atoms with van der Waals surface area (Å²) in [4.78, 5) is 0. The maximum Gasteiger partial charge on any atom is 0.167 e. The van der Waals surface area contributed by atoms with Crippen molar-refractivity contribution in [3.63, 3.8) is 0 Å². The zero-order valence-corrected chi connectivity index (χ0v) is 12.5. The minimum Gasteiger partial charge on any atom is -0.394 e. The van der Waals surface area contributed by atoms with E-state index in [4.69, 9.17) is 19.7 Å². The van der Waals surface area contributed by atoms with E-state index in [1.165, 1.54) is 0 Å². The van der Waals surface area contributed by atoms with Crippen molar-refractivity contribution in [1.29, 1.82) is 0 Å². The van der Waals surface area contributed by atoms with Crippen molar-refractivity contribution < 1.29 is 45.2 Å². The van der Waals surface area contributed by atoms with E-state index >= 15 is 0 Å². The molecule has 0 spiro atoms. The fraction of sp³-hybridized carbons (Fsp3) is 1.00. The summed E-state index contributed by atoms with van der Waals surface area (Å²) in [5, 5.41) is 66.5. The molecule has 0 aromatic rings. The Kier molecular flexibility index (Phi) is 6.42. The van der Waals surface area contributed by atoms with Gasteiger partial charge in [-0.25, -0.2) is 0 Å². The molecule has 0 aromatic heterocycles. The van der Waals surface area contributed by atoms with E-state index < -0.39 is 66.8 Å². The molecule has 0 unspecified atom stereocenters. The van der Waals surface area contributed by atoms with Crippen LogP contribution in [-0.4, -0.2) is 103 Å². The Hall–Kier alpha value is -0.0100. The molecule has 10 heteroatoms. The van der Waals surface area contributed by atoms with Gasteiger partial charge in [-0.05, 0) is 6.42 Å². The van der Waals surface area contributed by atoms with Crippen LogP contribution in [0, 0.1) is 0 Å². The molecule has 0 bridgehead atoms. The molecule has 9 atom stereocenters. The van der Waals surface area contributed by atoms with E-state index in [-0.39, 0.29) is 6.42 Å². The first kappa shape index (κ1) is 18.3. The maximum absolute atomic E-state index is 9.94. The predicted molar refractivity (Wildman–Crippen MR) is 73.7 cm³/mol. The highest BCUT2D eigenvalue weighted by molar-refractivity contribution is 8.00. The summed E-state index contributed by atoms with van der Waals surface area (Å²) in [7, 11) is 0. The lowest BCUT2D eigenvalue weighted by Gasteiger charge is -2.43. The van der Waals surface area contributed by atoms with Crippen molar-refractivity contribution in [2.45, 2.75) is 60.0 Å². The van der Waals surface area contributed by atoms with Crippen LogP contribution in [0.3, 0.4) is 0 Å². The molecule has 2 fully saturated rings.